The molecule has 0 saturated heterocycles. The van der Waals surface area contributed by atoms with Crippen LogP contribution in [-0.4, -0.2) is 32.2 Å². The number of halogens is 3. The highest BCUT2D eigenvalue weighted by Gasteiger charge is 2.26. The number of hydrogen-bond donors (Lipinski definition) is 2. The Morgan fingerprint density at radius 1 is 1.27 bits per heavy atom. The van der Waals surface area contributed by atoms with E-state index in [4.69, 9.17) is 5.73 Å². The van der Waals surface area contributed by atoms with Crippen LogP contribution in [0.4, 0.5) is 8.78 Å². The fourth-order valence-electron chi connectivity index (χ4n) is 1.47. The molecule has 0 aromatic heterocycles. The van der Waals surface area contributed by atoms with Gasteiger partial charge in [0.15, 0.2) is 0 Å². The smallest absolute Gasteiger partial charge is 0.341 e. The molecule has 0 aliphatic carbocycles. The third-order valence-electron chi connectivity index (χ3n) is 2.59. The number of amides is 1. The summed E-state index contributed by atoms with van der Waals surface area (Å²) in [6.45, 7) is 3.82. The monoisotopic (exact) mass is 356 g/mol. The van der Waals surface area contributed by atoms with Crippen LogP contribution >= 0.6 is 12.4 Å². The number of carbonyl (C=O) groups excluding carboxylic acids is 1. The molecule has 1 rings (SSSR count). The molecule has 0 radical (unpaired) electrons. The van der Waals surface area contributed by atoms with Crippen molar-refractivity contribution in [2.24, 2.45) is 5.73 Å². The van der Waals surface area contributed by atoms with Crippen molar-refractivity contribution >= 4 is 28.2 Å². The van der Waals surface area contributed by atoms with Crippen molar-refractivity contribution in [2.45, 2.75) is 36.5 Å². The molecule has 1 aromatic carbocycles. The average molecular weight is 357 g/mol. The second-order valence-corrected chi connectivity index (χ2v) is 7.31. The molecule has 9 heteroatoms. The summed E-state index contributed by atoms with van der Waals surface area (Å²) in [5.74, 6) is -3.74. The number of benzene rings is 1. The van der Waals surface area contributed by atoms with Crippen LogP contribution in [0.2, 0.25) is 0 Å². The quantitative estimate of drug-likeness (QED) is 0.808. The van der Waals surface area contributed by atoms with E-state index in [1.165, 1.54) is 12.1 Å². The summed E-state index contributed by atoms with van der Waals surface area (Å²) in [5.41, 5.74) is 5.71. The minimum Gasteiger partial charge on any atom is -0.354 e. The van der Waals surface area contributed by atoms with E-state index in [9.17, 15) is 22.0 Å². The average Bonchev–Trinajstić information content (AvgIpc) is 2.36. The van der Waals surface area contributed by atoms with Gasteiger partial charge in [-0.25, -0.2) is 8.42 Å². The summed E-state index contributed by atoms with van der Waals surface area (Å²) in [7, 11) is -4.60. The molecule has 22 heavy (non-hydrogen) atoms. The van der Waals surface area contributed by atoms with Crippen LogP contribution in [0.15, 0.2) is 29.2 Å². The Balaban J connectivity index is 0.00000441. The van der Waals surface area contributed by atoms with E-state index in [0.29, 0.717) is 12.1 Å². The molecule has 0 saturated carbocycles. The third-order valence-corrected chi connectivity index (χ3v) is 3.99. The van der Waals surface area contributed by atoms with Gasteiger partial charge in [-0.2, -0.15) is 8.78 Å². The lowest BCUT2D eigenvalue weighted by molar-refractivity contribution is -0.120. The first kappa shape index (κ1) is 20.8. The minimum absolute atomic E-state index is 0. The molecular formula is C13H19ClF2N2O3S. The fourth-order valence-corrected chi connectivity index (χ4v) is 2.20. The molecule has 1 aromatic rings. The van der Waals surface area contributed by atoms with Crippen molar-refractivity contribution in [3.63, 3.8) is 0 Å². The summed E-state index contributed by atoms with van der Waals surface area (Å²) < 4.78 is 47.2. The molecule has 3 N–H and O–H groups in total. The third kappa shape index (κ3) is 6.25. The second-order valence-electron chi connectivity index (χ2n) is 5.39. The Bertz CT molecular complexity index is 599. The number of nitrogens with one attached hydrogen (secondary N) is 1. The van der Waals surface area contributed by atoms with Crippen LogP contribution in [0, 0.1) is 0 Å². The molecule has 5 nitrogen and oxygen atoms in total. The van der Waals surface area contributed by atoms with E-state index in [-0.39, 0.29) is 24.7 Å². The first-order valence-corrected chi connectivity index (χ1v) is 7.73. The summed E-state index contributed by atoms with van der Waals surface area (Å²) in [6.07, 6.45) is 0.0189. The molecule has 0 heterocycles. The molecule has 126 valence electrons. The maximum absolute atomic E-state index is 12.4. The van der Waals surface area contributed by atoms with Crippen LogP contribution in [0.1, 0.15) is 19.4 Å². The Morgan fingerprint density at radius 3 is 2.18 bits per heavy atom. The number of sulfone groups is 1. The van der Waals surface area contributed by atoms with Crippen LogP contribution in [0.25, 0.3) is 0 Å². The lowest BCUT2D eigenvalue weighted by Gasteiger charge is -2.18. The zero-order chi connectivity index (χ0) is 16.3. The van der Waals surface area contributed by atoms with Gasteiger partial charge in [0.25, 0.3) is 0 Å². The van der Waals surface area contributed by atoms with Gasteiger partial charge in [-0.05, 0) is 31.5 Å². The Morgan fingerprint density at radius 2 is 1.77 bits per heavy atom. The first-order chi connectivity index (χ1) is 9.52. The first-order valence-electron chi connectivity index (χ1n) is 6.19. The molecule has 0 aliphatic rings. The predicted octanol–water partition coefficient (Wildman–Crippen LogP) is 1.50. The van der Waals surface area contributed by atoms with Crippen LogP contribution in [0.3, 0.4) is 0 Å². The highest BCUT2D eigenvalue weighted by molar-refractivity contribution is 7.91. The van der Waals surface area contributed by atoms with Crippen molar-refractivity contribution in [1.29, 1.82) is 0 Å². The molecule has 0 atom stereocenters. The largest absolute Gasteiger partial charge is 0.354 e. The van der Waals surface area contributed by atoms with Gasteiger partial charge >= 0.3 is 5.76 Å². The number of hydrogen-bond acceptors (Lipinski definition) is 4. The summed E-state index contributed by atoms with van der Waals surface area (Å²) in [4.78, 5) is 11.2. The molecule has 0 aliphatic heterocycles. The van der Waals surface area contributed by atoms with Crippen molar-refractivity contribution in [1.82, 2.24) is 5.32 Å². The predicted molar refractivity (Wildman–Crippen MR) is 81.9 cm³/mol. The van der Waals surface area contributed by atoms with Gasteiger partial charge in [-0.1, -0.05) is 12.1 Å². The van der Waals surface area contributed by atoms with Gasteiger partial charge in [-0.3, -0.25) is 4.79 Å². The zero-order valence-corrected chi connectivity index (χ0v) is 13.8. The van der Waals surface area contributed by atoms with Gasteiger partial charge in [0, 0.05) is 12.1 Å². The Hall–Kier alpha value is -1.25. The van der Waals surface area contributed by atoms with Crippen LogP contribution in [-0.2, 0) is 21.1 Å². The Kier molecular flexibility index (Phi) is 7.40. The van der Waals surface area contributed by atoms with Crippen molar-refractivity contribution < 1.29 is 22.0 Å². The Labute approximate surface area is 134 Å². The molecule has 0 unspecified atom stereocenters. The summed E-state index contributed by atoms with van der Waals surface area (Å²) >= 11 is 0. The standard InChI is InChI=1S/C13H18F2N2O3S.ClH/c1-13(2,16)8-17-11(18)7-9-3-5-10(6-4-9)21(19,20)12(14)15;/h3-6,12H,7-8,16H2,1-2H3,(H,17,18);1H. The van der Waals surface area contributed by atoms with E-state index in [0.717, 1.165) is 12.1 Å². The number of nitrogens with two attached hydrogens (primary N) is 1. The van der Waals surface area contributed by atoms with Gasteiger partial charge < -0.3 is 11.1 Å². The normalized spacial score (nSPS) is 11.9. The van der Waals surface area contributed by atoms with E-state index in [2.05, 4.69) is 5.32 Å². The molecule has 1 amide bonds. The number of carbonyl (C=O) groups is 1. The van der Waals surface area contributed by atoms with Crippen molar-refractivity contribution in [3.05, 3.63) is 29.8 Å². The lowest BCUT2D eigenvalue weighted by Crippen LogP contribution is -2.45. The van der Waals surface area contributed by atoms with E-state index >= 15 is 0 Å². The zero-order valence-electron chi connectivity index (χ0n) is 12.2. The fraction of sp³-hybridized carbons (Fsp3) is 0.462. The highest BCUT2D eigenvalue weighted by Crippen LogP contribution is 2.18. The molecule has 0 spiro atoms. The van der Waals surface area contributed by atoms with E-state index < -0.39 is 26.0 Å². The topological polar surface area (TPSA) is 89.3 Å². The van der Waals surface area contributed by atoms with Crippen molar-refractivity contribution in [2.75, 3.05) is 6.54 Å². The van der Waals surface area contributed by atoms with Crippen LogP contribution in [0.5, 0.6) is 0 Å². The van der Waals surface area contributed by atoms with Gasteiger partial charge in [-0.15, -0.1) is 12.4 Å². The van der Waals surface area contributed by atoms with Crippen LogP contribution < -0.4 is 11.1 Å². The minimum atomic E-state index is -4.60. The second kappa shape index (κ2) is 7.85. The summed E-state index contributed by atoms with van der Waals surface area (Å²) in [6, 6.07) is 4.80. The van der Waals surface area contributed by atoms with E-state index in [1.54, 1.807) is 13.8 Å². The SMILES string of the molecule is CC(C)(N)CNC(=O)Cc1ccc(S(=O)(=O)C(F)F)cc1.Cl. The lowest BCUT2D eigenvalue weighted by atomic mass is 10.1. The number of rotatable bonds is 6. The van der Waals surface area contributed by atoms with Gasteiger partial charge in [0.1, 0.15) is 0 Å². The van der Waals surface area contributed by atoms with Gasteiger partial charge in [0.2, 0.25) is 15.7 Å². The number of alkyl halides is 2. The van der Waals surface area contributed by atoms with Crippen molar-refractivity contribution in [3.8, 4) is 0 Å². The molecule has 0 bridgehead atoms. The summed E-state index contributed by atoms with van der Waals surface area (Å²) in [5, 5.41) is 2.63. The molecular weight excluding hydrogens is 338 g/mol. The van der Waals surface area contributed by atoms with Gasteiger partial charge in [0.05, 0.1) is 11.3 Å². The maximum atomic E-state index is 12.4. The maximum Gasteiger partial charge on any atom is 0.341 e. The molecule has 0 fully saturated rings. The highest BCUT2D eigenvalue weighted by atomic mass is 35.5. The van der Waals surface area contributed by atoms with E-state index in [1.807, 2.05) is 0 Å².